The Kier molecular flexibility index (Phi) is 5.42. The monoisotopic (exact) mass is 346 g/mol. The van der Waals surface area contributed by atoms with E-state index >= 15 is 0 Å². The average molecular weight is 346 g/mol. The standard InChI is InChI=1S/C13H17F3N6O2/c1-8-10(23)17-6-7-22(8)12(24)20-5-4-19-11-18-3-2-9(21-11)13(14,15)16/h2-3,8H,4-7H2,1H3,(H,17,23)(H,20,24)(H,18,19,21). The van der Waals surface area contributed by atoms with Gasteiger partial charge in [0.05, 0.1) is 0 Å². The number of hydrogen-bond acceptors (Lipinski definition) is 5. The molecule has 1 aromatic rings. The minimum absolute atomic E-state index is 0.140. The number of nitrogens with one attached hydrogen (secondary N) is 3. The first-order chi connectivity index (χ1) is 11.3. The molecule has 0 spiro atoms. The molecule has 0 aliphatic carbocycles. The third-order valence-corrected chi connectivity index (χ3v) is 3.39. The summed E-state index contributed by atoms with van der Waals surface area (Å²) in [4.78, 5) is 31.9. The van der Waals surface area contributed by atoms with Gasteiger partial charge in [-0.2, -0.15) is 13.2 Å². The van der Waals surface area contributed by atoms with Crippen molar-refractivity contribution in [1.29, 1.82) is 0 Å². The molecule has 1 aromatic heterocycles. The Morgan fingerprint density at radius 1 is 1.46 bits per heavy atom. The normalized spacial score (nSPS) is 18.1. The smallest absolute Gasteiger partial charge is 0.353 e. The van der Waals surface area contributed by atoms with Gasteiger partial charge in [0.15, 0.2) is 0 Å². The second-order valence-corrected chi connectivity index (χ2v) is 5.08. The van der Waals surface area contributed by atoms with Gasteiger partial charge in [-0.25, -0.2) is 14.8 Å². The van der Waals surface area contributed by atoms with E-state index in [-0.39, 0.29) is 24.9 Å². The van der Waals surface area contributed by atoms with E-state index in [0.29, 0.717) is 13.1 Å². The van der Waals surface area contributed by atoms with E-state index in [1.54, 1.807) is 6.92 Å². The van der Waals surface area contributed by atoms with Gasteiger partial charge in [0, 0.05) is 32.4 Å². The number of carbonyl (C=O) groups is 2. The van der Waals surface area contributed by atoms with Gasteiger partial charge < -0.3 is 20.9 Å². The van der Waals surface area contributed by atoms with Crippen LogP contribution in [0.2, 0.25) is 0 Å². The lowest BCUT2D eigenvalue weighted by atomic mass is 10.2. The number of urea groups is 1. The largest absolute Gasteiger partial charge is 0.433 e. The van der Waals surface area contributed by atoms with Crippen LogP contribution >= 0.6 is 0 Å². The van der Waals surface area contributed by atoms with Crippen LogP contribution in [-0.2, 0) is 11.0 Å². The molecule has 0 aromatic carbocycles. The number of hydrogen-bond donors (Lipinski definition) is 3. The molecule has 1 saturated heterocycles. The third-order valence-electron chi connectivity index (χ3n) is 3.39. The third kappa shape index (κ3) is 4.46. The van der Waals surface area contributed by atoms with Crippen molar-refractivity contribution in [1.82, 2.24) is 25.5 Å². The van der Waals surface area contributed by atoms with Crippen LogP contribution in [-0.4, -0.2) is 59.0 Å². The number of anilines is 1. The van der Waals surface area contributed by atoms with Crippen LogP contribution < -0.4 is 16.0 Å². The van der Waals surface area contributed by atoms with Crippen molar-refractivity contribution in [3.63, 3.8) is 0 Å². The summed E-state index contributed by atoms with van der Waals surface area (Å²) in [6.07, 6.45) is -3.54. The fourth-order valence-corrected chi connectivity index (χ4v) is 2.11. The van der Waals surface area contributed by atoms with E-state index in [1.807, 2.05) is 0 Å². The average Bonchev–Trinajstić information content (AvgIpc) is 2.53. The zero-order valence-electron chi connectivity index (χ0n) is 12.9. The fourth-order valence-electron chi connectivity index (χ4n) is 2.11. The second-order valence-electron chi connectivity index (χ2n) is 5.08. The predicted octanol–water partition coefficient (Wildman–Crippen LogP) is 0.437. The van der Waals surface area contributed by atoms with Gasteiger partial charge in [-0.05, 0) is 13.0 Å². The second kappa shape index (κ2) is 7.32. The topological polar surface area (TPSA) is 99.2 Å². The Hall–Kier alpha value is -2.59. The lowest BCUT2D eigenvalue weighted by Gasteiger charge is -2.32. The van der Waals surface area contributed by atoms with Gasteiger partial charge in [0.2, 0.25) is 11.9 Å². The van der Waals surface area contributed by atoms with Crippen molar-refractivity contribution in [2.45, 2.75) is 19.1 Å². The van der Waals surface area contributed by atoms with Gasteiger partial charge in [0.25, 0.3) is 0 Å². The molecule has 1 fully saturated rings. The molecule has 0 saturated carbocycles. The van der Waals surface area contributed by atoms with Crippen molar-refractivity contribution in [2.75, 3.05) is 31.5 Å². The van der Waals surface area contributed by atoms with Crippen LogP contribution in [0.15, 0.2) is 12.3 Å². The highest BCUT2D eigenvalue weighted by Gasteiger charge is 2.32. The SMILES string of the molecule is CC1C(=O)NCCN1C(=O)NCCNc1nccc(C(F)(F)F)n1. The highest BCUT2D eigenvalue weighted by atomic mass is 19.4. The van der Waals surface area contributed by atoms with E-state index < -0.39 is 23.9 Å². The first kappa shape index (κ1) is 17.8. The number of alkyl halides is 3. The summed E-state index contributed by atoms with van der Waals surface area (Å²) in [5.41, 5.74) is -1.04. The minimum Gasteiger partial charge on any atom is -0.353 e. The highest BCUT2D eigenvalue weighted by Crippen LogP contribution is 2.27. The number of piperazine rings is 1. The number of nitrogens with zero attached hydrogens (tertiary/aromatic N) is 3. The Bertz CT molecular complexity index is 610. The van der Waals surface area contributed by atoms with Crippen molar-refractivity contribution in [2.24, 2.45) is 0 Å². The number of rotatable bonds is 4. The molecule has 1 atom stereocenters. The molecule has 11 heteroatoms. The van der Waals surface area contributed by atoms with Crippen LogP contribution in [0.3, 0.4) is 0 Å². The van der Waals surface area contributed by atoms with Crippen LogP contribution in [0.4, 0.5) is 23.9 Å². The summed E-state index contributed by atoms with van der Waals surface area (Å²) < 4.78 is 37.6. The Morgan fingerprint density at radius 3 is 2.92 bits per heavy atom. The molecule has 8 nitrogen and oxygen atoms in total. The molecule has 3 N–H and O–H groups in total. The molecule has 1 aliphatic rings. The number of aromatic nitrogens is 2. The van der Waals surface area contributed by atoms with Crippen LogP contribution in [0, 0.1) is 0 Å². The summed E-state index contributed by atoms with van der Waals surface area (Å²) in [5.74, 6) is -0.406. The Labute approximate surface area is 135 Å². The fraction of sp³-hybridized carbons (Fsp3) is 0.538. The summed E-state index contributed by atoms with van der Waals surface area (Å²) in [7, 11) is 0. The van der Waals surface area contributed by atoms with Crippen molar-refractivity contribution < 1.29 is 22.8 Å². The molecular formula is C13H17F3N6O2. The van der Waals surface area contributed by atoms with Crippen molar-refractivity contribution >= 4 is 17.9 Å². The molecular weight excluding hydrogens is 329 g/mol. The molecule has 2 rings (SSSR count). The summed E-state index contributed by atoms with van der Waals surface area (Å²) in [6, 6.07) is -0.210. The molecule has 0 bridgehead atoms. The molecule has 0 radical (unpaired) electrons. The van der Waals surface area contributed by atoms with E-state index in [4.69, 9.17) is 0 Å². The van der Waals surface area contributed by atoms with Gasteiger partial charge in [0.1, 0.15) is 11.7 Å². The van der Waals surface area contributed by atoms with Crippen LogP contribution in [0.25, 0.3) is 0 Å². The summed E-state index contributed by atoms with van der Waals surface area (Å²) >= 11 is 0. The number of amides is 3. The van der Waals surface area contributed by atoms with Crippen LogP contribution in [0.1, 0.15) is 12.6 Å². The zero-order valence-corrected chi connectivity index (χ0v) is 12.9. The lowest BCUT2D eigenvalue weighted by molar-refractivity contribution is -0.141. The van der Waals surface area contributed by atoms with Crippen molar-refractivity contribution in [3.05, 3.63) is 18.0 Å². The molecule has 132 valence electrons. The summed E-state index contributed by atoms with van der Waals surface area (Å²) in [6.45, 7) is 2.67. The van der Waals surface area contributed by atoms with E-state index in [2.05, 4.69) is 25.9 Å². The van der Waals surface area contributed by atoms with Gasteiger partial charge in [-0.3, -0.25) is 4.79 Å². The van der Waals surface area contributed by atoms with Gasteiger partial charge >= 0.3 is 12.2 Å². The molecule has 1 aliphatic heterocycles. The zero-order chi connectivity index (χ0) is 17.7. The van der Waals surface area contributed by atoms with E-state index in [9.17, 15) is 22.8 Å². The first-order valence-corrected chi connectivity index (χ1v) is 7.25. The first-order valence-electron chi connectivity index (χ1n) is 7.25. The number of carbonyl (C=O) groups excluding carboxylic acids is 2. The maximum atomic E-state index is 12.5. The van der Waals surface area contributed by atoms with Crippen molar-refractivity contribution in [3.8, 4) is 0 Å². The number of halogens is 3. The van der Waals surface area contributed by atoms with Gasteiger partial charge in [-0.15, -0.1) is 0 Å². The summed E-state index contributed by atoms with van der Waals surface area (Å²) in [5, 5.41) is 7.83. The Morgan fingerprint density at radius 2 is 2.21 bits per heavy atom. The lowest BCUT2D eigenvalue weighted by Crippen LogP contribution is -2.58. The molecule has 24 heavy (non-hydrogen) atoms. The molecule has 1 unspecified atom stereocenters. The minimum atomic E-state index is -4.54. The highest BCUT2D eigenvalue weighted by molar-refractivity contribution is 5.87. The van der Waals surface area contributed by atoms with Gasteiger partial charge in [-0.1, -0.05) is 0 Å². The Balaban J connectivity index is 1.79. The molecule has 2 heterocycles. The van der Waals surface area contributed by atoms with Crippen LogP contribution in [0.5, 0.6) is 0 Å². The van der Waals surface area contributed by atoms with E-state index in [1.165, 1.54) is 4.90 Å². The quantitative estimate of drug-likeness (QED) is 0.687. The molecule has 3 amide bonds. The predicted molar refractivity (Wildman–Crippen MR) is 78.1 cm³/mol. The maximum absolute atomic E-state index is 12.5. The van der Waals surface area contributed by atoms with E-state index in [0.717, 1.165) is 12.3 Å². The maximum Gasteiger partial charge on any atom is 0.433 e.